The smallest absolute Gasteiger partial charge is 0.310 e. The molecule has 1 unspecified atom stereocenters. The fourth-order valence-corrected chi connectivity index (χ4v) is 1.92. The van der Waals surface area contributed by atoms with Gasteiger partial charge >= 0.3 is 5.97 Å². The van der Waals surface area contributed by atoms with Crippen molar-refractivity contribution in [2.75, 3.05) is 46.9 Å². The zero-order valence-corrected chi connectivity index (χ0v) is 17.4. The molecule has 0 heterocycles. The Hall–Kier alpha value is -1.06. The van der Waals surface area contributed by atoms with Gasteiger partial charge in [-0.05, 0) is 20.8 Å². The van der Waals surface area contributed by atoms with Crippen LogP contribution in [0.1, 0.15) is 27.7 Å². The average molecular weight is 442 g/mol. The minimum Gasteiger partial charge on any atom is -0.469 e. The molecule has 1 atom stereocenters. The van der Waals surface area contributed by atoms with Crippen molar-refractivity contribution in [3.8, 4) is 0 Å². The molecule has 1 N–H and O–H groups in total. The number of guanidine groups is 1. The zero-order chi connectivity index (χ0) is 17.1. The Bertz CT molecular complexity index is 387. The van der Waals surface area contributed by atoms with Crippen LogP contribution in [0.3, 0.4) is 0 Å². The van der Waals surface area contributed by atoms with E-state index in [9.17, 15) is 9.59 Å². The van der Waals surface area contributed by atoms with E-state index in [0.29, 0.717) is 32.1 Å². The Morgan fingerprint density at radius 3 is 2.22 bits per heavy atom. The standard InChI is InChI=1S/C15H30N4O3.HI/c1-7-16-15(17-10-12(4)14(21)22-6)18(5)11-13(20)19(8-2)9-3;/h12H,7-11H2,1-6H3,(H,16,17);1H. The predicted molar refractivity (Wildman–Crippen MR) is 103 cm³/mol. The quantitative estimate of drug-likeness (QED) is 0.265. The van der Waals surface area contributed by atoms with E-state index < -0.39 is 0 Å². The Labute approximate surface area is 156 Å². The van der Waals surface area contributed by atoms with E-state index in [4.69, 9.17) is 0 Å². The summed E-state index contributed by atoms with van der Waals surface area (Å²) >= 11 is 0. The summed E-state index contributed by atoms with van der Waals surface area (Å²) in [7, 11) is 3.17. The van der Waals surface area contributed by atoms with E-state index >= 15 is 0 Å². The highest BCUT2D eigenvalue weighted by atomic mass is 127. The Morgan fingerprint density at radius 2 is 1.78 bits per heavy atom. The number of carbonyl (C=O) groups excluding carboxylic acids is 2. The summed E-state index contributed by atoms with van der Waals surface area (Å²) in [6, 6.07) is 0. The summed E-state index contributed by atoms with van der Waals surface area (Å²) in [5, 5.41) is 3.13. The van der Waals surface area contributed by atoms with Gasteiger partial charge in [-0.3, -0.25) is 14.6 Å². The Morgan fingerprint density at radius 1 is 1.22 bits per heavy atom. The van der Waals surface area contributed by atoms with Crippen molar-refractivity contribution in [2.24, 2.45) is 10.9 Å². The number of amides is 1. The zero-order valence-electron chi connectivity index (χ0n) is 15.1. The second-order valence-corrected chi connectivity index (χ2v) is 5.04. The van der Waals surface area contributed by atoms with Crippen molar-refractivity contribution in [1.82, 2.24) is 15.1 Å². The van der Waals surface area contributed by atoms with Crippen LogP contribution >= 0.6 is 24.0 Å². The molecule has 0 rings (SSSR count). The molecule has 23 heavy (non-hydrogen) atoms. The lowest BCUT2D eigenvalue weighted by Gasteiger charge is -2.25. The number of esters is 1. The molecule has 0 aliphatic carbocycles. The molecule has 1 amide bonds. The van der Waals surface area contributed by atoms with E-state index in [2.05, 4.69) is 15.0 Å². The summed E-state index contributed by atoms with van der Waals surface area (Å²) in [4.78, 5) is 31.5. The number of nitrogens with one attached hydrogen (secondary N) is 1. The highest BCUT2D eigenvalue weighted by molar-refractivity contribution is 14.0. The molecule has 0 saturated carbocycles. The summed E-state index contributed by atoms with van der Waals surface area (Å²) in [5.74, 6) is 0.0601. The van der Waals surface area contributed by atoms with E-state index in [-0.39, 0.29) is 48.3 Å². The van der Waals surface area contributed by atoms with Crippen LogP contribution in [0.2, 0.25) is 0 Å². The molecule has 0 saturated heterocycles. The number of likely N-dealkylation sites (N-methyl/N-ethyl adjacent to an activating group) is 2. The van der Waals surface area contributed by atoms with Gasteiger partial charge in [0.2, 0.25) is 5.91 Å². The van der Waals surface area contributed by atoms with Crippen molar-refractivity contribution < 1.29 is 14.3 Å². The van der Waals surface area contributed by atoms with Crippen LogP contribution in [0.4, 0.5) is 0 Å². The maximum Gasteiger partial charge on any atom is 0.310 e. The van der Waals surface area contributed by atoms with Crippen LogP contribution in [0.5, 0.6) is 0 Å². The van der Waals surface area contributed by atoms with Crippen LogP contribution < -0.4 is 5.32 Å². The molecule has 0 bridgehead atoms. The third-order valence-electron chi connectivity index (χ3n) is 3.30. The number of hydrogen-bond acceptors (Lipinski definition) is 4. The van der Waals surface area contributed by atoms with E-state index in [1.54, 1.807) is 16.7 Å². The lowest BCUT2D eigenvalue weighted by atomic mass is 10.2. The van der Waals surface area contributed by atoms with Crippen LogP contribution in [0.15, 0.2) is 4.99 Å². The molecule has 0 aromatic carbocycles. The maximum atomic E-state index is 12.1. The SMILES string of the molecule is CCNC(=NCC(C)C(=O)OC)N(C)CC(=O)N(CC)CC.I. The molecule has 136 valence electrons. The van der Waals surface area contributed by atoms with Crippen LogP contribution in [0, 0.1) is 5.92 Å². The first-order valence-electron chi connectivity index (χ1n) is 7.76. The Balaban J connectivity index is 0. The van der Waals surface area contributed by atoms with Gasteiger partial charge in [-0.15, -0.1) is 24.0 Å². The molecule has 0 spiro atoms. The van der Waals surface area contributed by atoms with E-state index in [1.807, 2.05) is 27.8 Å². The second-order valence-electron chi connectivity index (χ2n) is 5.04. The van der Waals surface area contributed by atoms with Gasteiger partial charge in [-0.25, -0.2) is 0 Å². The molecule has 7 nitrogen and oxygen atoms in total. The molecule has 0 aliphatic heterocycles. The second kappa shape index (κ2) is 13.4. The van der Waals surface area contributed by atoms with Crippen molar-refractivity contribution in [3.63, 3.8) is 0 Å². The molecular weight excluding hydrogens is 411 g/mol. The molecule has 0 aromatic rings. The van der Waals surface area contributed by atoms with Crippen molar-refractivity contribution in [3.05, 3.63) is 0 Å². The molecule has 8 heteroatoms. The lowest BCUT2D eigenvalue weighted by molar-refractivity contribution is -0.144. The number of carbonyl (C=O) groups is 2. The van der Waals surface area contributed by atoms with Gasteiger partial charge in [0.05, 0.1) is 26.1 Å². The number of rotatable bonds is 8. The Kier molecular flexibility index (Phi) is 14.1. The summed E-state index contributed by atoms with van der Waals surface area (Å²) in [5.41, 5.74) is 0. The van der Waals surface area contributed by atoms with E-state index in [1.165, 1.54) is 7.11 Å². The number of halogens is 1. The van der Waals surface area contributed by atoms with Gasteiger partial charge < -0.3 is 19.9 Å². The van der Waals surface area contributed by atoms with Gasteiger partial charge in [-0.2, -0.15) is 0 Å². The number of nitrogens with zero attached hydrogens (tertiary/aromatic N) is 3. The molecule has 0 radical (unpaired) electrons. The fraction of sp³-hybridized carbons (Fsp3) is 0.800. The van der Waals surface area contributed by atoms with Crippen molar-refractivity contribution in [2.45, 2.75) is 27.7 Å². The number of methoxy groups -OCH3 is 1. The summed E-state index contributed by atoms with van der Waals surface area (Å²) < 4.78 is 4.69. The van der Waals surface area contributed by atoms with Crippen LogP contribution in [-0.4, -0.2) is 74.5 Å². The van der Waals surface area contributed by atoms with Gasteiger partial charge in [0.15, 0.2) is 5.96 Å². The van der Waals surface area contributed by atoms with Crippen LogP contribution in [0.25, 0.3) is 0 Å². The largest absolute Gasteiger partial charge is 0.469 e. The van der Waals surface area contributed by atoms with Crippen LogP contribution in [-0.2, 0) is 14.3 Å². The third-order valence-corrected chi connectivity index (χ3v) is 3.30. The monoisotopic (exact) mass is 442 g/mol. The minimum atomic E-state index is -0.314. The topological polar surface area (TPSA) is 74.2 Å². The number of hydrogen-bond donors (Lipinski definition) is 1. The average Bonchev–Trinajstić information content (AvgIpc) is 2.51. The first-order chi connectivity index (χ1) is 10.4. The van der Waals surface area contributed by atoms with Crippen molar-refractivity contribution in [1.29, 1.82) is 0 Å². The van der Waals surface area contributed by atoms with Gasteiger partial charge in [0.1, 0.15) is 0 Å². The van der Waals surface area contributed by atoms with Gasteiger partial charge in [0, 0.05) is 26.7 Å². The lowest BCUT2D eigenvalue weighted by Crippen LogP contribution is -2.45. The maximum absolute atomic E-state index is 12.1. The number of ether oxygens (including phenoxy) is 1. The summed E-state index contributed by atoms with van der Waals surface area (Å²) in [6.07, 6.45) is 0. The predicted octanol–water partition coefficient (Wildman–Crippen LogP) is 1.18. The van der Waals surface area contributed by atoms with Gasteiger partial charge in [-0.1, -0.05) is 6.92 Å². The summed E-state index contributed by atoms with van der Waals surface area (Å²) in [6.45, 7) is 10.3. The third kappa shape index (κ3) is 8.97. The highest BCUT2D eigenvalue weighted by Crippen LogP contribution is 2.00. The van der Waals surface area contributed by atoms with E-state index in [0.717, 1.165) is 0 Å². The molecular formula is C15H31IN4O3. The van der Waals surface area contributed by atoms with Crippen molar-refractivity contribution >= 4 is 41.8 Å². The van der Waals surface area contributed by atoms with Gasteiger partial charge in [0.25, 0.3) is 0 Å². The minimum absolute atomic E-state index is 0. The molecule has 0 fully saturated rings. The first-order valence-corrected chi connectivity index (χ1v) is 7.76. The fourth-order valence-electron chi connectivity index (χ4n) is 1.92. The highest BCUT2D eigenvalue weighted by Gasteiger charge is 2.17. The molecule has 0 aliphatic rings. The first kappa shape index (κ1) is 24.2. The number of aliphatic imine (C=N–C) groups is 1. The normalized spacial score (nSPS) is 12.0. The molecule has 0 aromatic heterocycles.